The zero-order valence-electron chi connectivity index (χ0n) is 16.5. The normalized spacial score (nSPS) is 11.6. The average molecular weight is 422 g/mol. The fourth-order valence-electron chi connectivity index (χ4n) is 4.57. The molecule has 0 aliphatic rings. The van der Waals surface area contributed by atoms with Gasteiger partial charge >= 0.3 is 0 Å². The molecule has 2 aromatic carbocycles. The number of aldehydes is 2. The van der Waals surface area contributed by atoms with Gasteiger partial charge in [0.25, 0.3) is 0 Å². The van der Waals surface area contributed by atoms with Gasteiger partial charge in [-0.2, -0.15) is 0 Å². The molecule has 8 heteroatoms. The average Bonchev–Trinajstić information content (AvgIpc) is 3.30. The molecule has 6 aromatic rings. The van der Waals surface area contributed by atoms with Gasteiger partial charge in [0.15, 0.2) is 23.4 Å². The van der Waals surface area contributed by atoms with Crippen LogP contribution in [-0.4, -0.2) is 31.9 Å². The number of aromatic nitrogens is 4. The molecular weight excluding hydrogens is 408 g/mol. The Kier molecular flexibility index (Phi) is 3.61. The van der Waals surface area contributed by atoms with E-state index in [2.05, 4.69) is 9.97 Å². The molecule has 4 aromatic heterocycles. The minimum absolute atomic E-state index is 0.203. The van der Waals surface area contributed by atoms with Crippen LogP contribution in [0.1, 0.15) is 21.0 Å². The molecule has 0 aliphatic carbocycles. The van der Waals surface area contributed by atoms with E-state index in [0.717, 1.165) is 21.5 Å². The van der Waals surface area contributed by atoms with Crippen LogP contribution < -0.4 is 10.9 Å². The van der Waals surface area contributed by atoms with Crippen LogP contribution in [-0.2, 0) is 0 Å². The molecule has 0 atom stereocenters. The van der Waals surface area contributed by atoms with Crippen molar-refractivity contribution in [2.24, 2.45) is 0 Å². The third-order valence-corrected chi connectivity index (χ3v) is 5.83. The number of hydrogen-bond donors (Lipinski definition) is 2. The first-order chi connectivity index (χ1) is 15.6. The van der Waals surface area contributed by atoms with Gasteiger partial charge in [0.2, 0.25) is 0 Å². The van der Waals surface area contributed by atoms with Gasteiger partial charge < -0.3 is 9.97 Å². The molecule has 154 valence electrons. The zero-order chi connectivity index (χ0) is 22.0. The van der Waals surface area contributed by atoms with Gasteiger partial charge in [0.05, 0.1) is 22.1 Å². The molecule has 0 radical (unpaired) electrons. The van der Waals surface area contributed by atoms with Gasteiger partial charge in [-0.25, -0.2) is 9.35 Å². The van der Waals surface area contributed by atoms with Gasteiger partial charge in [-0.15, -0.1) is 0 Å². The number of fused-ring (bicyclic) bond motifs is 6. The molecule has 0 bridgehead atoms. The lowest BCUT2D eigenvalue weighted by Gasteiger charge is -2.14. The monoisotopic (exact) mass is 422 g/mol. The van der Waals surface area contributed by atoms with E-state index in [0.29, 0.717) is 46.0 Å². The number of aromatic amines is 2. The molecule has 32 heavy (non-hydrogen) atoms. The van der Waals surface area contributed by atoms with Crippen LogP contribution in [0.3, 0.4) is 0 Å². The van der Waals surface area contributed by atoms with Crippen LogP contribution in [0.15, 0.2) is 70.5 Å². The highest BCUT2D eigenvalue weighted by Crippen LogP contribution is 2.35. The summed E-state index contributed by atoms with van der Waals surface area (Å²) < 4.78 is 3.44. The van der Waals surface area contributed by atoms with E-state index >= 15 is 0 Å². The third-order valence-electron chi connectivity index (χ3n) is 5.83. The standard InChI is InChI=1S/C24H14N4O4/c29-11-19-23-17(5-7-25-19)15-3-1-13(31)9-21(15)27(23)28-22-10-14(32)2-4-16(22)18-6-8-26-20(12-30)24(18)28/h1-12,25-26H. The second-order valence-electron chi connectivity index (χ2n) is 7.52. The number of carbonyl (C=O) groups is 2. The SMILES string of the molecule is O=Cc1[nH]ccc2c3ccc(=O)cc3n(-n3c4cc(=O)ccc4c4cc[nH]c(C=O)c43)c12. The Morgan fingerprint density at radius 1 is 0.594 bits per heavy atom. The first-order valence-electron chi connectivity index (χ1n) is 9.85. The number of pyridine rings is 2. The van der Waals surface area contributed by atoms with Crippen molar-refractivity contribution < 1.29 is 9.59 Å². The molecule has 0 spiro atoms. The molecule has 8 nitrogen and oxygen atoms in total. The summed E-state index contributed by atoms with van der Waals surface area (Å²) in [6, 6.07) is 13.0. The fourth-order valence-corrected chi connectivity index (χ4v) is 4.57. The number of nitrogens with zero attached hydrogens (tertiary/aromatic N) is 2. The molecule has 4 heterocycles. The van der Waals surface area contributed by atoms with E-state index in [9.17, 15) is 19.2 Å². The van der Waals surface area contributed by atoms with Crippen molar-refractivity contribution in [1.29, 1.82) is 0 Å². The number of hydrogen-bond acceptors (Lipinski definition) is 4. The molecule has 0 saturated carbocycles. The summed E-state index contributed by atoms with van der Waals surface area (Å²) in [7, 11) is 0. The largest absolute Gasteiger partial charge is 0.357 e. The van der Waals surface area contributed by atoms with Crippen molar-refractivity contribution in [3.63, 3.8) is 0 Å². The predicted octanol–water partition coefficient (Wildman–Crippen LogP) is 3.22. The second kappa shape index (κ2) is 6.39. The Morgan fingerprint density at radius 2 is 1.03 bits per heavy atom. The molecule has 0 fully saturated rings. The Bertz CT molecular complexity index is 1730. The first-order valence-corrected chi connectivity index (χ1v) is 9.85. The highest BCUT2D eigenvalue weighted by atomic mass is 16.1. The minimum Gasteiger partial charge on any atom is -0.357 e. The number of rotatable bonds is 3. The summed E-state index contributed by atoms with van der Waals surface area (Å²) in [4.78, 5) is 54.5. The summed E-state index contributed by atoms with van der Waals surface area (Å²) in [5, 5.41) is 3.03. The van der Waals surface area contributed by atoms with Crippen molar-refractivity contribution in [3.8, 4) is 0 Å². The van der Waals surface area contributed by atoms with E-state index in [-0.39, 0.29) is 10.9 Å². The summed E-state index contributed by atoms with van der Waals surface area (Å²) in [5.41, 5.74) is 2.34. The maximum absolute atomic E-state index is 12.3. The molecule has 0 aliphatic heterocycles. The van der Waals surface area contributed by atoms with E-state index in [1.807, 2.05) is 12.1 Å². The van der Waals surface area contributed by atoms with Crippen LogP contribution in [0, 0.1) is 0 Å². The van der Waals surface area contributed by atoms with Crippen LogP contribution in [0.2, 0.25) is 0 Å². The molecule has 2 N–H and O–H groups in total. The topological polar surface area (TPSA) is 110 Å². The van der Waals surface area contributed by atoms with Crippen LogP contribution >= 0.6 is 0 Å². The number of benzene rings is 2. The van der Waals surface area contributed by atoms with Crippen LogP contribution in [0.5, 0.6) is 0 Å². The smallest absolute Gasteiger partial charge is 0.180 e. The van der Waals surface area contributed by atoms with Gasteiger partial charge in [0, 0.05) is 46.1 Å². The minimum atomic E-state index is -0.203. The van der Waals surface area contributed by atoms with Gasteiger partial charge in [-0.1, -0.05) is 0 Å². The highest BCUT2D eigenvalue weighted by Gasteiger charge is 2.21. The number of H-pyrrole nitrogens is 2. The Hall–Kier alpha value is -4.72. The van der Waals surface area contributed by atoms with E-state index < -0.39 is 0 Å². The molecular formula is C24H14N4O4. The quantitative estimate of drug-likeness (QED) is 0.427. The van der Waals surface area contributed by atoms with Crippen molar-refractivity contribution in [3.05, 3.63) is 92.8 Å². The van der Waals surface area contributed by atoms with Crippen molar-refractivity contribution >= 4 is 56.2 Å². The molecule has 0 saturated heterocycles. The summed E-state index contributed by atoms with van der Waals surface area (Å²) in [6.07, 6.45) is 4.73. The summed E-state index contributed by atoms with van der Waals surface area (Å²) in [5.74, 6) is 0. The molecule has 0 amide bonds. The highest BCUT2D eigenvalue weighted by molar-refractivity contribution is 6.15. The zero-order valence-corrected chi connectivity index (χ0v) is 16.5. The Balaban J connectivity index is 2.00. The second-order valence-corrected chi connectivity index (χ2v) is 7.52. The maximum atomic E-state index is 12.3. The van der Waals surface area contributed by atoms with E-state index in [1.54, 1.807) is 33.9 Å². The molecule has 6 rings (SSSR count). The van der Waals surface area contributed by atoms with Gasteiger partial charge in [0.1, 0.15) is 11.4 Å². The van der Waals surface area contributed by atoms with Gasteiger partial charge in [-0.3, -0.25) is 19.2 Å². The van der Waals surface area contributed by atoms with E-state index in [4.69, 9.17) is 0 Å². The fraction of sp³-hybridized carbons (Fsp3) is 0. The number of carbonyl (C=O) groups excluding carboxylic acids is 2. The van der Waals surface area contributed by atoms with Crippen LogP contribution in [0.4, 0.5) is 0 Å². The lowest BCUT2D eigenvalue weighted by molar-refractivity contribution is 0.111. The predicted molar refractivity (Wildman–Crippen MR) is 122 cm³/mol. The first kappa shape index (κ1) is 18.1. The third kappa shape index (κ3) is 2.26. The lowest BCUT2D eigenvalue weighted by Crippen LogP contribution is -2.13. The van der Waals surface area contributed by atoms with Crippen molar-refractivity contribution in [1.82, 2.24) is 19.3 Å². The van der Waals surface area contributed by atoms with Gasteiger partial charge in [-0.05, 0) is 36.4 Å². The van der Waals surface area contributed by atoms with Crippen molar-refractivity contribution in [2.45, 2.75) is 0 Å². The Labute approximate surface area is 178 Å². The van der Waals surface area contributed by atoms with Crippen molar-refractivity contribution in [2.75, 3.05) is 0 Å². The number of nitrogens with one attached hydrogen (secondary N) is 2. The molecule has 0 unspecified atom stereocenters. The van der Waals surface area contributed by atoms with E-state index in [1.165, 1.54) is 24.3 Å². The van der Waals surface area contributed by atoms with Crippen LogP contribution in [0.25, 0.3) is 43.6 Å². The maximum Gasteiger partial charge on any atom is 0.180 e. The summed E-state index contributed by atoms with van der Waals surface area (Å²) >= 11 is 0. The lowest BCUT2D eigenvalue weighted by atomic mass is 10.2. The summed E-state index contributed by atoms with van der Waals surface area (Å²) in [6.45, 7) is 0. The Morgan fingerprint density at radius 3 is 1.44 bits per heavy atom.